The van der Waals surface area contributed by atoms with Gasteiger partial charge >= 0.3 is 0 Å². The molecule has 7 heteroatoms. The molecule has 0 aliphatic carbocycles. The fourth-order valence-corrected chi connectivity index (χ4v) is 2.81. The van der Waals surface area contributed by atoms with E-state index in [9.17, 15) is 8.42 Å². The number of aromatic nitrogens is 1. The van der Waals surface area contributed by atoms with Gasteiger partial charge in [-0.3, -0.25) is 4.98 Å². The van der Waals surface area contributed by atoms with Crippen LogP contribution in [0.25, 0.3) is 0 Å². The van der Waals surface area contributed by atoms with Crippen molar-refractivity contribution in [1.29, 1.82) is 0 Å². The van der Waals surface area contributed by atoms with E-state index in [0.29, 0.717) is 31.4 Å². The molecule has 6 nitrogen and oxygen atoms in total. The highest BCUT2D eigenvalue weighted by Crippen LogP contribution is 2.18. The first-order valence-electron chi connectivity index (χ1n) is 7.22. The van der Waals surface area contributed by atoms with Crippen molar-refractivity contribution < 1.29 is 13.2 Å². The zero-order valence-corrected chi connectivity index (χ0v) is 13.7. The predicted octanol–water partition coefficient (Wildman–Crippen LogP) is 1.85. The van der Waals surface area contributed by atoms with E-state index in [-0.39, 0.29) is 11.4 Å². The summed E-state index contributed by atoms with van der Waals surface area (Å²) in [5, 5.41) is 3.01. The molecule has 1 aromatic rings. The van der Waals surface area contributed by atoms with Gasteiger partial charge in [-0.2, -0.15) is 0 Å². The van der Waals surface area contributed by atoms with E-state index in [4.69, 9.17) is 4.74 Å². The average molecular weight is 315 g/mol. The molecule has 1 aromatic heterocycles. The van der Waals surface area contributed by atoms with Gasteiger partial charge in [0.05, 0.1) is 12.3 Å². The number of nitrogens with one attached hydrogen (secondary N) is 2. The Bertz CT molecular complexity index is 518. The van der Waals surface area contributed by atoms with Crippen LogP contribution in [0.5, 0.6) is 0 Å². The van der Waals surface area contributed by atoms with Crippen LogP contribution in [0, 0.1) is 5.92 Å². The Morgan fingerprint density at radius 2 is 2.10 bits per heavy atom. The van der Waals surface area contributed by atoms with Gasteiger partial charge < -0.3 is 10.1 Å². The van der Waals surface area contributed by atoms with E-state index in [1.807, 2.05) is 6.92 Å². The molecule has 120 valence electrons. The summed E-state index contributed by atoms with van der Waals surface area (Å²) in [5.41, 5.74) is 0.556. The first kappa shape index (κ1) is 17.9. The first-order valence-corrected chi connectivity index (χ1v) is 8.71. The van der Waals surface area contributed by atoms with Crippen molar-refractivity contribution in [3.05, 3.63) is 18.5 Å². The number of pyridine rings is 1. The minimum absolute atomic E-state index is 0.161. The van der Waals surface area contributed by atoms with Crippen molar-refractivity contribution in [3.63, 3.8) is 0 Å². The van der Waals surface area contributed by atoms with Gasteiger partial charge in [-0.1, -0.05) is 13.8 Å². The highest BCUT2D eigenvalue weighted by Gasteiger charge is 2.17. The monoisotopic (exact) mass is 315 g/mol. The molecule has 0 aliphatic heterocycles. The summed E-state index contributed by atoms with van der Waals surface area (Å²) in [6.45, 7) is 8.06. The molecule has 0 radical (unpaired) electrons. The standard InChI is InChI=1S/C14H25N3O3S/c1-4-16-13-5-7-15-11-14(13)21(18,19)17-8-10-20-9-6-12(2)3/h5,7,11-12,17H,4,6,8-10H2,1-3H3,(H,15,16). The third-order valence-corrected chi connectivity index (χ3v) is 4.31. The van der Waals surface area contributed by atoms with Gasteiger partial charge in [0.2, 0.25) is 10.0 Å². The van der Waals surface area contributed by atoms with E-state index in [1.165, 1.54) is 6.20 Å². The number of rotatable bonds is 10. The molecule has 21 heavy (non-hydrogen) atoms. The van der Waals surface area contributed by atoms with Gasteiger partial charge in [0.1, 0.15) is 4.90 Å². The Morgan fingerprint density at radius 1 is 1.33 bits per heavy atom. The molecule has 0 fully saturated rings. The fraction of sp³-hybridized carbons (Fsp3) is 0.643. The van der Waals surface area contributed by atoms with E-state index < -0.39 is 10.0 Å². The molecule has 1 heterocycles. The molecule has 1 rings (SSSR count). The van der Waals surface area contributed by atoms with Crippen molar-refractivity contribution in [2.45, 2.75) is 32.1 Å². The number of anilines is 1. The molecule has 0 bridgehead atoms. The molecule has 0 aromatic carbocycles. The molecule has 0 amide bonds. The molecule has 0 saturated heterocycles. The van der Waals surface area contributed by atoms with Gasteiger partial charge in [-0.15, -0.1) is 0 Å². The lowest BCUT2D eigenvalue weighted by Gasteiger charge is -2.12. The smallest absolute Gasteiger partial charge is 0.244 e. The lowest BCUT2D eigenvalue weighted by Crippen LogP contribution is -2.28. The van der Waals surface area contributed by atoms with Gasteiger partial charge in [0, 0.05) is 32.1 Å². The SMILES string of the molecule is CCNc1ccncc1S(=O)(=O)NCCOCCC(C)C. The Labute approximate surface area is 127 Å². The highest BCUT2D eigenvalue weighted by molar-refractivity contribution is 7.89. The third kappa shape index (κ3) is 6.41. The molecular weight excluding hydrogens is 290 g/mol. The summed E-state index contributed by atoms with van der Waals surface area (Å²) in [4.78, 5) is 4.04. The van der Waals surface area contributed by atoms with E-state index in [0.717, 1.165) is 6.42 Å². The largest absolute Gasteiger partial charge is 0.384 e. The van der Waals surface area contributed by atoms with Gasteiger partial charge in [0.25, 0.3) is 0 Å². The second kappa shape index (κ2) is 8.96. The Balaban J connectivity index is 2.50. The molecule has 0 atom stereocenters. The minimum atomic E-state index is -3.57. The number of nitrogens with zero attached hydrogens (tertiary/aromatic N) is 1. The number of hydrogen-bond donors (Lipinski definition) is 2. The van der Waals surface area contributed by atoms with Crippen LogP contribution in [0.2, 0.25) is 0 Å². The third-order valence-electron chi connectivity index (χ3n) is 2.82. The maximum atomic E-state index is 12.2. The quantitative estimate of drug-likeness (QED) is 0.644. The zero-order valence-electron chi connectivity index (χ0n) is 12.9. The Morgan fingerprint density at radius 3 is 2.76 bits per heavy atom. The maximum absolute atomic E-state index is 12.2. The van der Waals surface area contributed by atoms with Gasteiger partial charge in [-0.25, -0.2) is 13.1 Å². The molecule has 0 saturated carbocycles. The fourth-order valence-electron chi connectivity index (χ4n) is 1.68. The summed E-state index contributed by atoms with van der Waals surface area (Å²) < 4.78 is 32.4. The van der Waals surface area contributed by atoms with Crippen LogP contribution >= 0.6 is 0 Å². The summed E-state index contributed by atoms with van der Waals surface area (Å²) >= 11 is 0. The number of sulfonamides is 1. The van der Waals surface area contributed by atoms with Crippen LogP contribution in [0.4, 0.5) is 5.69 Å². The Kier molecular flexibility index (Phi) is 7.63. The summed E-state index contributed by atoms with van der Waals surface area (Å²) in [5.74, 6) is 0.583. The second-order valence-electron chi connectivity index (χ2n) is 5.09. The van der Waals surface area contributed by atoms with Crippen LogP contribution in [-0.2, 0) is 14.8 Å². The summed E-state index contributed by atoms with van der Waals surface area (Å²) in [6, 6.07) is 1.65. The van der Waals surface area contributed by atoms with Crippen LogP contribution in [0.1, 0.15) is 27.2 Å². The van der Waals surface area contributed by atoms with Crippen molar-refractivity contribution in [2.24, 2.45) is 5.92 Å². The van der Waals surface area contributed by atoms with Gasteiger partial charge in [0.15, 0.2) is 0 Å². The second-order valence-corrected chi connectivity index (χ2v) is 6.83. The normalized spacial score (nSPS) is 11.8. The summed E-state index contributed by atoms with van der Waals surface area (Å²) in [7, 11) is -3.57. The van der Waals surface area contributed by atoms with Crippen LogP contribution in [0.15, 0.2) is 23.4 Å². The minimum Gasteiger partial charge on any atom is -0.384 e. The lowest BCUT2D eigenvalue weighted by atomic mass is 10.1. The molecule has 0 aliphatic rings. The molecule has 2 N–H and O–H groups in total. The number of ether oxygens (including phenoxy) is 1. The van der Waals surface area contributed by atoms with Gasteiger partial charge in [-0.05, 0) is 25.3 Å². The highest BCUT2D eigenvalue weighted by atomic mass is 32.2. The van der Waals surface area contributed by atoms with Crippen LogP contribution in [0.3, 0.4) is 0 Å². The lowest BCUT2D eigenvalue weighted by molar-refractivity contribution is 0.128. The van der Waals surface area contributed by atoms with Crippen molar-refractivity contribution in [2.75, 3.05) is 31.6 Å². The van der Waals surface area contributed by atoms with Crippen LogP contribution in [-0.4, -0.2) is 39.7 Å². The molecule has 0 unspecified atom stereocenters. The zero-order chi connectivity index (χ0) is 15.7. The topological polar surface area (TPSA) is 80.3 Å². The van der Waals surface area contributed by atoms with Crippen molar-refractivity contribution in [1.82, 2.24) is 9.71 Å². The van der Waals surface area contributed by atoms with E-state index in [2.05, 4.69) is 28.9 Å². The number of hydrogen-bond acceptors (Lipinski definition) is 5. The maximum Gasteiger partial charge on any atom is 0.244 e. The van der Waals surface area contributed by atoms with E-state index >= 15 is 0 Å². The van der Waals surface area contributed by atoms with Crippen LogP contribution < -0.4 is 10.0 Å². The van der Waals surface area contributed by atoms with E-state index in [1.54, 1.807) is 12.3 Å². The molecule has 0 spiro atoms. The van der Waals surface area contributed by atoms with Crippen molar-refractivity contribution in [3.8, 4) is 0 Å². The Hall–Kier alpha value is -1.18. The van der Waals surface area contributed by atoms with Crippen molar-refractivity contribution >= 4 is 15.7 Å². The molecular formula is C14H25N3O3S. The first-order chi connectivity index (χ1) is 9.97. The predicted molar refractivity (Wildman–Crippen MR) is 83.9 cm³/mol. The summed E-state index contributed by atoms with van der Waals surface area (Å²) in [6.07, 6.45) is 3.88. The average Bonchev–Trinajstić information content (AvgIpc) is 2.43.